The molecule has 1 unspecified atom stereocenters. The molecule has 2 aliphatic rings. The summed E-state index contributed by atoms with van der Waals surface area (Å²) in [4.78, 5) is 26.5. The van der Waals surface area contributed by atoms with Gasteiger partial charge in [-0.15, -0.1) is 0 Å². The van der Waals surface area contributed by atoms with Crippen LogP contribution in [0.2, 0.25) is 0 Å². The van der Waals surface area contributed by atoms with Crippen molar-refractivity contribution in [2.75, 3.05) is 12.5 Å². The molecule has 1 aliphatic heterocycles. The number of esters is 1. The van der Waals surface area contributed by atoms with Gasteiger partial charge >= 0.3 is 5.97 Å². The summed E-state index contributed by atoms with van der Waals surface area (Å²) in [6, 6.07) is 3.13. The molecule has 5 rings (SSSR count). The zero-order chi connectivity index (χ0) is 22.9. The van der Waals surface area contributed by atoms with Crippen LogP contribution < -0.4 is 20.9 Å². The van der Waals surface area contributed by atoms with E-state index in [4.69, 9.17) is 30.7 Å². The fraction of sp³-hybridized carbons (Fsp3) is 0.429. The number of rotatable bonds is 7. The van der Waals surface area contributed by atoms with E-state index in [0.717, 1.165) is 39.9 Å². The van der Waals surface area contributed by atoms with Crippen LogP contribution in [-0.2, 0) is 16.1 Å². The molecule has 3 aromatic rings. The Hall–Kier alpha value is -2.32. The summed E-state index contributed by atoms with van der Waals surface area (Å²) in [6.07, 6.45) is 5.79. The highest BCUT2D eigenvalue weighted by atomic mass is 127. The molecule has 0 saturated heterocycles. The highest BCUT2D eigenvalue weighted by molar-refractivity contribution is 14.1. The number of nitrogens with zero attached hydrogens (tertiary/aromatic N) is 4. The van der Waals surface area contributed by atoms with Crippen LogP contribution in [0, 0.1) is 3.57 Å². The van der Waals surface area contributed by atoms with Crippen LogP contribution in [0.25, 0.3) is 11.2 Å². The van der Waals surface area contributed by atoms with Crippen molar-refractivity contribution < 1.29 is 19.0 Å². The topological polar surface area (TPSA) is 140 Å². The van der Waals surface area contributed by atoms with Crippen molar-refractivity contribution >= 4 is 57.3 Å². The zero-order valence-electron chi connectivity index (χ0n) is 17.7. The van der Waals surface area contributed by atoms with Crippen LogP contribution in [-0.4, -0.2) is 44.4 Å². The Labute approximate surface area is 207 Å². The van der Waals surface area contributed by atoms with Crippen molar-refractivity contribution in [3.63, 3.8) is 0 Å². The van der Waals surface area contributed by atoms with Crippen LogP contribution >= 0.6 is 34.4 Å². The average Bonchev–Trinajstić information content (AvgIpc) is 3.53. The van der Waals surface area contributed by atoms with E-state index < -0.39 is 6.04 Å². The van der Waals surface area contributed by atoms with Crippen LogP contribution in [0.3, 0.4) is 0 Å². The molecule has 1 saturated carbocycles. The molecule has 1 atom stereocenters. The molecule has 1 aromatic carbocycles. The number of nitrogens with two attached hydrogens (primary N) is 2. The van der Waals surface area contributed by atoms with Crippen molar-refractivity contribution in [2.45, 2.75) is 60.8 Å². The van der Waals surface area contributed by atoms with Crippen LogP contribution in [0.5, 0.6) is 11.5 Å². The predicted molar refractivity (Wildman–Crippen MR) is 130 cm³/mol. The van der Waals surface area contributed by atoms with Gasteiger partial charge in [0.05, 0.1) is 0 Å². The van der Waals surface area contributed by atoms with Gasteiger partial charge in [0.1, 0.15) is 18.5 Å². The second-order valence-electron chi connectivity index (χ2n) is 7.95. The average molecular weight is 582 g/mol. The van der Waals surface area contributed by atoms with Crippen LogP contribution in [0.1, 0.15) is 32.1 Å². The number of hydrogen-bond donors (Lipinski definition) is 2. The van der Waals surface area contributed by atoms with Gasteiger partial charge in [-0.25, -0.2) is 15.0 Å². The Morgan fingerprint density at radius 1 is 1.27 bits per heavy atom. The molecule has 12 heteroatoms. The maximum absolute atomic E-state index is 12.5. The Balaban J connectivity index is 1.39. The van der Waals surface area contributed by atoms with Gasteiger partial charge in [-0.1, -0.05) is 11.8 Å². The van der Waals surface area contributed by atoms with Gasteiger partial charge in [0.15, 0.2) is 33.6 Å². The fourth-order valence-corrected chi connectivity index (χ4v) is 5.65. The number of aromatic nitrogens is 4. The third kappa shape index (κ3) is 4.68. The lowest BCUT2D eigenvalue weighted by molar-refractivity contribution is -0.150. The first-order chi connectivity index (χ1) is 16.0. The Morgan fingerprint density at radius 2 is 2.03 bits per heavy atom. The summed E-state index contributed by atoms with van der Waals surface area (Å²) in [7, 11) is 0. The van der Waals surface area contributed by atoms with Gasteiger partial charge in [-0.3, -0.25) is 4.79 Å². The van der Waals surface area contributed by atoms with Gasteiger partial charge in [0.25, 0.3) is 0 Å². The second kappa shape index (κ2) is 9.50. The lowest BCUT2D eigenvalue weighted by Gasteiger charge is -2.16. The van der Waals surface area contributed by atoms with Crippen molar-refractivity contribution in [1.29, 1.82) is 0 Å². The fourth-order valence-electron chi connectivity index (χ4n) is 3.93. The van der Waals surface area contributed by atoms with E-state index in [1.165, 1.54) is 18.1 Å². The number of benzene rings is 1. The largest absolute Gasteiger partial charge is 0.461 e. The molecule has 10 nitrogen and oxygen atoms in total. The lowest BCUT2D eigenvalue weighted by atomic mass is 10.2. The van der Waals surface area contributed by atoms with Crippen molar-refractivity contribution in [3.05, 3.63) is 22.0 Å². The number of anilines is 1. The molecule has 0 amide bonds. The van der Waals surface area contributed by atoms with E-state index in [2.05, 4.69) is 32.6 Å². The minimum absolute atomic E-state index is 0.00985. The van der Waals surface area contributed by atoms with E-state index in [0.29, 0.717) is 40.9 Å². The zero-order valence-corrected chi connectivity index (χ0v) is 20.7. The predicted octanol–water partition coefficient (Wildman–Crippen LogP) is 3.10. The monoisotopic (exact) mass is 582 g/mol. The van der Waals surface area contributed by atoms with Crippen LogP contribution in [0.4, 0.5) is 5.82 Å². The molecule has 2 aromatic heterocycles. The molecule has 0 radical (unpaired) electrons. The molecule has 4 N–H and O–H groups in total. The number of nitrogen functional groups attached to an aromatic ring is 1. The van der Waals surface area contributed by atoms with E-state index in [-0.39, 0.29) is 18.9 Å². The maximum atomic E-state index is 12.5. The minimum Gasteiger partial charge on any atom is -0.461 e. The first kappa shape index (κ1) is 22.5. The first-order valence-electron chi connectivity index (χ1n) is 10.7. The summed E-state index contributed by atoms with van der Waals surface area (Å²) >= 11 is 3.71. The molecule has 174 valence electrons. The number of hydrogen-bond acceptors (Lipinski definition) is 10. The van der Waals surface area contributed by atoms with E-state index >= 15 is 0 Å². The summed E-state index contributed by atoms with van der Waals surface area (Å²) in [5.41, 5.74) is 13.3. The molecule has 1 aliphatic carbocycles. The third-order valence-corrected chi connectivity index (χ3v) is 8.02. The third-order valence-electron chi connectivity index (χ3n) is 5.71. The quantitative estimate of drug-likeness (QED) is 0.316. The minimum atomic E-state index is -0.731. The summed E-state index contributed by atoms with van der Waals surface area (Å²) in [5, 5.41) is 0.672. The molecule has 1 fully saturated rings. The highest BCUT2D eigenvalue weighted by Gasteiger charge is 2.25. The molecular weight excluding hydrogens is 559 g/mol. The Kier molecular flexibility index (Phi) is 6.47. The van der Waals surface area contributed by atoms with Crippen molar-refractivity contribution in [3.8, 4) is 11.5 Å². The summed E-state index contributed by atoms with van der Waals surface area (Å²) in [5.74, 6) is 1.35. The number of halogens is 1. The molecule has 0 bridgehead atoms. The number of aryl methyl sites for hydroxylation is 1. The molecule has 0 spiro atoms. The van der Waals surface area contributed by atoms with Gasteiger partial charge in [-0.05, 0) is 66.8 Å². The number of fused-ring (bicyclic) bond motifs is 2. The standard InChI is InChI=1S/C21H23IN6O4S/c22-12-7-14-15(31-10-30-14)8-16(12)33-21-27-17-18(24)25-9-26-19(17)28(21)6-5-13(23)20(29)32-11-3-1-2-4-11/h7-9,11,13H,1-6,10,23H2,(H2,24,25,26). The van der Waals surface area contributed by atoms with Gasteiger partial charge in [0.2, 0.25) is 6.79 Å². The number of carbonyl (C=O) groups is 1. The van der Waals surface area contributed by atoms with Crippen molar-refractivity contribution in [1.82, 2.24) is 19.5 Å². The smallest absolute Gasteiger partial charge is 0.323 e. The maximum Gasteiger partial charge on any atom is 0.323 e. The SMILES string of the molecule is Nc1ncnc2c1nc(Sc1cc3c(cc1I)OCO3)n2CCC(N)C(=O)OC1CCCC1. The van der Waals surface area contributed by atoms with Crippen LogP contribution in [0.15, 0.2) is 28.5 Å². The normalized spacial score (nSPS) is 16.4. The highest BCUT2D eigenvalue weighted by Crippen LogP contribution is 2.41. The lowest BCUT2D eigenvalue weighted by Crippen LogP contribution is -2.35. The Bertz CT molecular complexity index is 1200. The van der Waals surface area contributed by atoms with Gasteiger partial charge < -0.3 is 30.2 Å². The molecule has 33 heavy (non-hydrogen) atoms. The second-order valence-corrected chi connectivity index (χ2v) is 10.1. The van der Waals surface area contributed by atoms with E-state index in [1.54, 1.807) is 0 Å². The number of ether oxygens (including phenoxy) is 3. The van der Waals surface area contributed by atoms with Gasteiger partial charge in [0, 0.05) is 15.0 Å². The summed E-state index contributed by atoms with van der Waals surface area (Å²) in [6.45, 7) is 0.635. The summed E-state index contributed by atoms with van der Waals surface area (Å²) < 4.78 is 19.5. The van der Waals surface area contributed by atoms with Gasteiger partial charge in [-0.2, -0.15) is 0 Å². The number of imidazole rings is 1. The first-order valence-corrected chi connectivity index (χ1v) is 12.6. The van der Waals surface area contributed by atoms with E-state index in [1.807, 2.05) is 16.7 Å². The Morgan fingerprint density at radius 3 is 2.82 bits per heavy atom. The molecular formula is C21H23IN6O4S. The van der Waals surface area contributed by atoms with Crippen molar-refractivity contribution in [2.24, 2.45) is 5.73 Å². The number of carbonyl (C=O) groups excluding carboxylic acids is 1. The molecule has 3 heterocycles. The van der Waals surface area contributed by atoms with E-state index in [9.17, 15) is 4.79 Å².